The van der Waals surface area contributed by atoms with Crippen LogP contribution in [0.3, 0.4) is 0 Å². The Labute approximate surface area is 130 Å². The van der Waals surface area contributed by atoms with Crippen LogP contribution in [0, 0.1) is 0 Å². The van der Waals surface area contributed by atoms with Gasteiger partial charge in [0.05, 0.1) is 11.0 Å². The van der Waals surface area contributed by atoms with E-state index in [1.807, 2.05) is 20.8 Å². The van der Waals surface area contributed by atoms with Crippen LogP contribution in [0.5, 0.6) is 0 Å². The summed E-state index contributed by atoms with van der Waals surface area (Å²) >= 11 is 5.05. The monoisotopic (exact) mass is 309 g/mol. The van der Waals surface area contributed by atoms with Gasteiger partial charge in [-0.25, -0.2) is 4.98 Å². The Bertz CT molecular complexity index is 563. The molecule has 1 unspecified atom stereocenters. The van der Waals surface area contributed by atoms with E-state index in [2.05, 4.69) is 19.8 Å². The number of thiocarbonyl (C=S) groups is 1. The Balaban J connectivity index is 2.09. The van der Waals surface area contributed by atoms with Crippen molar-refractivity contribution in [2.75, 3.05) is 31.1 Å². The molecule has 0 aliphatic carbocycles. The second kappa shape index (κ2) is 6.53. The predicted octanol–water partition coefficient (Wildman–Crippen LogP) is 0.690. The second-order valence-corrected chi connectivity index (χ2v) is 6.22. The van der Waals surface area contributed by atoms with E-state index in [9.17, 15) is 4.79 Å². The zero-order valence-corrected chi connectivity index (χ0v) is 13.6. The Morgan fingerprint density at radius 2 is 1.95 bits per heavy atom. The van der Waals surface area contributed by atoms with Crippen LogP contribution in [-0.4, -0.2) is 52.1 Å². The van der Waals surface area contributed by atoms with Gasteiger partial charge in [-0.1, -0.05) is 26.1 Å². The largest absolute Gasteiger partial charge is 0.392 e. The molecular weight excluding hydrogens is 286 g/mol. The zero-order chi connectivity index (χ0) is 15.6. The van der Waals surface area contributed by atoms with Gasteiger partial charge < -0.3 is 15.6 Å². The Hall–Kier alpha value is -1.47. The molecule has 7 heteroatoms. The average Bonchev–Trinajstić information content (AvgIpc) is 2.45. The lowest BCUT2D eigenvalue weighted by atomic mass is 10.2. The van der Waals surface area contributed by atoms with Gasteiger partial charge in [-0.15, -0.1) is 0 Å². The minimum atomic E-state index is -0.0948. The van der Waals surface area contributed by atoms with Crippen LogP contribution in [-0.2, 0) is 0 Å². The predicted molar refractivity (Wildman–Crippen MR) is 89.0 cm³/mol. The summed E-state index contributed by atoms with van der Waals surface area (Å²) in [6.07, 6.45) is 0. The van der Waals surface area contributed by atoms with Gasteiger partial charge in [0.25, 0.3) is 5.56 Å². The van der Waals surface area contributed by atoms with Crippen molar-refractivity contribution in [2.24, 2.45) is 5.73 Å². The molecule has 116 valence electrons. The van der Waals surface area contributed by atoms with Gasteiger partial charge in [-0.05, 0) is 6.92 Å². The minimum Gasteiger partial charge on any atom is -0.392 e. The Morgan fingerprint density at radius 1 is 1.33 bits per heavy atom. The van der Waals surface area contributed by atoms with Crippen molar-refractivity contribution in [2.45, 2.75) is 32.7 Å². The number of aromatic nitrogens is 2. The maximum absolute atomic E-state index is 11.8. The summed E-state index contributed by atoms with van der Waals surface area (Å²) in [6, 6.07) is 1.68. The van der Waals surface area contributed by atoms with Crippen molar-refractivity contribution in [1.82, 2.24) is 14.9 Å². The molecule has 1 aliphatic rings. The third kappa shape index (κ3) is 3.79. The number of rotatable bonds is 4. The van der Waals surface area contributed by atoms with Gasteiger partial charge in [0, 0.05) is 38.2 Å². The maximum atomic E-state index is 11.8. The average molecular weight is 309 g/mol. The van der Waals surface area contributed by atoms with Gasteiger partial charge in [-0.3, -0.25) is 9.69 Å². The summed E-state index contributed by atoms with van der Waals surface area (Å²) in [5.41, 5.74) is 5.61. The SMILES string of the molecule is CC(C)c1nc(N2CCN(C(C)C(N)=S)CC2)cc(=O)[nH]1. The molecule has 0 spiro atoms. The summed E-state index contributed by atoms with van der Waals surface area (Å²) in [7, 11) is 0. The number of nitrogens with one attached hydrogen (secondary N) is 1. The molecule has 0 saturated carbocycles. The number of hydrogen-bond donors (Lipinski definition) is 2. The van der Waals surface area contributed by atoms with Gasteiger partial charge >= 0.3 is 0 Å². The first-order valence-electron chi connectivity index (χ1n) is 7.28. The number of nitrogens with zero attached hydrogens (tertiary/aromatic N) is 3. The fraction of sp³-hybridized carbons (Fsp3) is 0.643. The highest BCUT2D eigenvalue weighted by Gasteiger charge is 2.23. The first kappa shape index (κ1) is 15.9. The molecule has 21 heavy (non-hydrogen) atoms. The lowest BCUT2D eigenvalue weighted by Gasteiger charge is -2.38. The van der Waals surface area contributed by atoms with Crippen molar-refractivity contribution in [1.29, 1.82) is 0 Å². The highest BCUT2D eigenvalue weighted by Crippen LogP contribution is 2.16. The first-order chi connectivity index (χ1) is 9.88. The van der Waals surface area contributed by atoms with E-state index in [1.165, 1.54) is 0 Å². The molecule has 0 radical (unpaired) electrons. The van der Waals surface area contributed by atoms with Crippen LogP contribution < -0.4 is 16.2 Å². The first-order valence-corrected chi connectivity index (χ1v) is 7.69. The molecule has 1 fully saturated rings. The molecule has 1 aromatic heterocycles. The fourth-order valence-electron chi connectivity index (χ4n) is 2.42. The van der Waals surface area contributed by atoms with Crippen LogP contribution in [0.4, 0.5) is 5.82 Å². The Kier molecular flexibility index (Phi) is 4.95. The van der Waals surface area contributed by atoms with Crippen LogP contribution in [0.15, 0.2) is 10.9 Å². The summed E-state index contributed by atoms with van der Waals surface area (Å²) in [5, 5.41) is 0. The Morgan fingerprint density at radius 3 is 2.48 bits per heavy atom. The van der Waals surface area contributed by atoms with Crippen molar-refractivity contribution in [3.8, 4) is 0 Å². The lowest BCUT2D eigenvalue weighted by molar-refractivity contribution is 0.238. The molecule has 1 atom stereocenters. The van der Waals surface area contributed by atoms with Crippen LogP contribution in [0.1, 0.15) is 32.5 Å². The van der Waals surface area contributed by atoms with Crippen LogP contribution >= 0.6 is 12.2 Å². The molecule has 6 nitrogen and oxygen atoms in total. The molecule has 0 aromatic carbocycles. The normalized spacial score (nSPS) is 18.0. The quantitative estimate of drug-likeness (QED) is 0.797. The van der Waals surface area contributed by atoms with Crippen molar-refractivity contribution >= 4 is 23.0 Å². The minimum absolute atomic E-state index is 0.0948. The molecule has 0 bridgehead atoms. The van der Waals surface area contributed by atoms with E-state index >= 15 is 0 Å². The highest BCUT2D eigenvalue weighted by atomic mass is 32.1. The standard InChI is InChI=1S/C14H23N5OS/c1-9(2)14-16-11(8-12(20)17-14)19-6-4-18(5-7-19)10(3)13(15)21/h8-10H,4-7H2,1-3H3,(H2,15,21)(H,16,17,20). The molecule has 1 saturated heterocycles. The van der Waals surface area contributed by atoms with E-state index in [-0.39, 0.29) is 17.5 Å². The molecular formula is C14H23N5OS. The van der Waals surface area contributed by atoms with E-state index < -0.39 is 0 Å². The van der Waals surface area contributed by atoms with E-state index in [0.29, 0.717) is 4.99 Å². The lowest BCUT2D eigenvalue weighted by Crippen LogP contribution is -2.53. The third-order valence-corrected chi connectivity index (χ3v) is 4.23. The molecule has 2 heterocycles. The second-order valence-electron chi connectivity index (χ2n) is 5.74. The van der Waals surface area contributed by atoms with E-state index in [1.54, 1.807) is 6.07 Å². The zero-order valence-electron chi connectivity index (χ0n) is 12.8. The van der Waals surface area contributed by atoms with Gasteiger partial charge in [0.1, 0.15) is 11.6 Å². The van der Waals surface area contributed by atoms with Crippen molar-refractivity contribution in [3.63, 3.8) is 0 Å². The van der Waals surface area contributed by atoms with Crippen LogP contribution in [0.2, 0.25) is 0 Å². The van der Waals surface area contributed by atoms with Gasteiger partial charge in [-0.2, -0.15) is 0 Å². The number of nitrogens with two attached hydrogens (primary N) is 1. The number of aromatic amines is 1. The number of hydrogen-bond acceptors (Lipinski definition) is 5. The van der Waals surface area contributed by atoms with Crippen molar-refractivity contribution < 1.29 is 0 Å². The van der Waals surface area contributed by atoms with Crippen molar-refractivity contribution in [3.05, 3.63) is 22.2 Å². The number of anilines is 1. The number of H-pyrrole nitrogens is 1. The summed E-state index contributed by atoms with van der Waals surface area (Å²) in [4.78, 5) is 24.0. The molecule has 1 aromatic rings. The fourth-order valence-corrected chi connectivity index (χ4v) is 2.57. The van der Waals surface area contributed by atoms with Crippen LogP contribution in [0.25, 0.3) is 0 Å². The third-order valence-electron chi connectivity index (χ3n) is 3.89. The molecule has 0 amide bonds. The summed E-state index contributed by atoms with van der Waals surface area (Å²) in [5.74, 6) is 1.69. The van der Waals surface area contributed by atoms with Gasteiger partial charge in [0.15, 0.2) is 0 Å². The number of piperazine rings is 1. The highest BCUT2D eigenvalue weighted by molar-refractivity contribution is 7.80. The maximum Gasteiger partial charge on any atom is 0.252 e. The molecule has 1 aliphatic heterocycles. The summed E-state index contributed by atoms with van der Waals surface area (Å²) < 4.78 is 0. The molecule has 2 rings (SSSR count). The van der Waals surface area contributed by atoms with E-state index in [0.717, 1.165) is 37.8 Å². The summed E-state index contributed by atoms with van der Waals surface area (Å²) in [6.45, 7) is 9.43. The van der Waals surface area contributed by atoms with Gasteiger partial charge in [0.2, 0.25) is 0 Å². The smallest absolute Gasteiger partial charge is 0.252 e. The topological polar surface area (TPSA) is 78.2 Å². The molecule has 3 N–H and O–H groups in total. The van der Waals surface area contributed by atoms with E-state index in [4.69, 9.17) is 18.0 Å².